The first-order valence-corrected chi connectivity index (χ1v) is 6.36. The van der Waals surface area contributed by atoms with E-state index in [-0.39, 0.29) is 35.8 Å². The molecule has 0 aromatic heterocycles. The molecule has 1 aliphatic rings. The van der Waals surface area contributed by atoms with Gasteiger partial charge in [-0.15, -0.1) is 0 Å². The van der Waals surface area contributed by atoms with Gasteiger partial charge in [0.2, 0.25) is 5.91 Å². The third-order valence-corrected chi connectivity index (χ3v) is 3.44. The van der Waals surface area contributed by atoms with Crippen molar-refractivity contribution < 1.29 is 18.9 Å². The van der Waals surface area contributed by atoms with Gasteiger partial charge in [-0.2, -0.15) is 0 Å². The minimum atomic E-state index is -0.802. The lowest BCUT2D eigenvalue weighted by Gasteiger charge is -2.32. The maximum Gasteiger partial charge on any atom is 0.270 e. The number of hydrogen-bond donors (Lipinski definition) is 1. The van der Waals surface area contributed by atoms with Crippen LogP contribution in [-0.4, -0.2) is 40.8 Å². The molecule has 21 heavy (non-hydrogen) atoms. The number of carbonyl (C=O) groups excluding carboxylic acids is 2. The molecule has 0 spiro atoms. The van der Waals surface area contributed by atoms with Crippen LogP contribution in [0.15, 0.2) is 12.1 Å². The highest BCUT2D eigenvalue weighted by Crippen LogP contribution is 2.23. The maximum atomic E-state index is 14.1. The highest BCUT2D eigenvalue weighted by atomic mass is 19.1. The number of amides is 2. The second kappa shape index (κ2) is 5.47. The molecular weight excluding hydrogens is 281 g/mol. The van der Waals surface area contributed by atoms with Crippen molar-refractivity contribution in [2.45, 2.75) is 19.9 Å². The van der Waals surface area contributed by atoms with Gasteiger partial charge in [0, 0.05) is 25.2 Å². The molecule has 1 saturated heterocycles. The largest absolute Gasteiger partial charge is 0.353 e. The molecule has 0 aliphatic carbocycles. The van der Waals surface area contributed by atoms with E-state index in [9.17, 15) is 24.1 Å². The molecule has 7 nitrogen and oxygen atoms in total. The van der Waals surface area contributed by atoms with Gasteiger partial charge in [0.1, 0.15) is 11.9 Å². The van der Waals surface area contributed by atoms with Crippen molar-refractivity contribution in [1.82, 2.24) is 10.2 Å². The summed E-state index contributed by atoms with van der Waals surface area (Å²) in [6, 6.07) is 1.23. The van der Waals surface area contributed by atoms with Gasteiger partial charge in [-0.1, -0.05) is 0 Å². The molecule has 8 heteroatoms. The number of rotatable bonds is 2. The van der Waals surface area contributed by atoms with E-state index in [2.05, 4.69) is 5.32 Å². The number of halogens is 1. The van der Waals surface area contributed by atoms with Crippen LogP contribution in [0, 0.1) is 22.9 Å². The zero-order valence-corrected chi connectivity index (χ0v) is 11.6. The Hall–Kier alpha value is -2.51. The lowest BCUT2D eigenvalue weighted by atomic mass is 10.1. The van der Waals surface area contributed by atoms with Crippen LogP contribution in [0.25, 0.3) is 0 Å². The maximum absolute atomic E-state index is 14.1. The summed E-state index contributed by atoms with van der Waals surface area (Å²) in [7, 11) is 0. The number of carbonyl (C=O) groups is 2. The number of nitro benzene ring substituents is 1. The second-order valence-electron chi connectivity index (χ2n) is 4.85. The normalized spacial score (nSPS) is 18.3. The smallest absolute Gasteiger partial charge is 0.270 e. The first-order valence-electron chi connectivity index (χ1n) is 6.36. The first kappa shape index (κ1) is 14.9. The highest BCUT2D eigenvalue weighted by molar-refractivity contribution is 5.99. The summed E-state index contributed by atoms with van der Waals surface area (Å²) >= 11 is 0. The van der Waals surface area contributed by atoms with Crippen LogP contribution in [0.1, 0.15) is 22.8 Å². The fraction of sp³-hybridized carbons (Fsp3) is 0.385. The van der Waals surface area contributed by atoms with Crippen LogP contribution in [0.5, 0.6) is 0 Å². The van der Waals surface area contributed by atoms with E-state index in [0.29, 0.717) is 0 Å². The van der Waals surface area contributed by atoms with Crippen molar-refractivity contribution in [3.05, 3.63) is 39.2 Å². The van der Waals surface area contributed by atoms with E-state index in [0.717, 1.165) is 12.1 Å². The zero-order valence-electron chi connectivity index (χ0n) is 11.6. The third kappa shape index (κ3) is 2.69. The van der Waals surface area contributed by atoms with Crippen LogP contribution in [0.4, 0.5) is 10.1 Å². The molecule has 0 saturated carbocycles. The minimum Gasteiger partial charge on any atom is -0.353 e. The average molecular weight is 295 g/mol. The molecule has 1 unspecified atom stereocenters. The predicted octanol–water partition coefficient (Wildman–Crippen LogP) is 1.00. The molecule has 0 bridgehead atoms. The van der Waals surface area contributed by atoms with E-state index in [4.69, 9.17) is 0 Å². The standard InChI is InChI=1S/C13H14FN3O4/c1-7-5-9(17(20)21)6-10(11(7)14)13(19)16-4-3-15-12(18)8(16)2/h5-6,8H,3-4H2,1-2H3,(H,15,18). The number of benzene rings is 1. The fourth-order valence-electron chi connectivity index (χ4n) is 2.23. The molecule has 1 N–H and O–H groups in total. The fourth-order valence-corrected chi connectivity index (χ4v) is 2.23. The Morgan fingerprint density at radius 1 is 1.52 bits per heavy atom. The molecule has 0 radical (unpaired) electrons. The average Bonchev–Trinajstić information content (AvgIpc) is 2.43. The van der Waals surface area contributed by atoms with Gasteiger partial charge in [0.05, 0.1) is 10.5 Å². The van der Waals surface area contributed by atoms with Crippen molar-refractivity contribution in [1.29, 1.82) is 0 Å². The Labute approximate surface area is 119 Å². The van der Waals surface area contributed by atoms with Gasteiger partial charge >= 0.3 is 0 Å². The second-order valence-corrected chi connectivity index (χ2v) is 4.85. The molecule has 1 aliphatic heterocycles. The number of hydrogen-bond acceptors (Lipinski definition) is 4. The molecular formula is C13H14FN3O4. The first-order chi connectivity index (χ1) is 9.82. The van der Waals surface area contributed by atoms with Crippen LogP contribution in [-0.2, 0) is 4.79 Å². The topological polar surface area (TPSA) is 92.6 Å². The summed E-state index contributed by atoms with van der Waals surface area (Å²) in [6.07, 6.45) is 0. The van der Waals surface area contributed by atoms with E-state index in [1.165, 1.54) is 18.7 Å². The van der Waals surface area contributed by atoms with Crippen molar-refractivity contribution in [2.75, 3.05) is 13.1 Å². The van der Waals surface area contributed by atoms with Gasteiger partial charge in [-0.05, 0) is 19.4 Å². The summed E-state index contributed by atoms with van der Waals surface area (Å²) in [5.41, 5.74) is -0.726. The summed E-state index contributed by atoms with van der Waals surface area (Å²) < 4.78 is 14.1. The summed E-state index contributed by atoms with van der Waals surface area (Å²) in [4.78, 5) is 35.3. The third-order valence-electron chi connectivity index (χ3n) is 3.44. The number of piperazine rings is 1. The molecule has 2 amide bonds. The summed E-state index contributed by atoms with van der Waals surface area (Å²) in [5, 5.41) is 13.4. The van der Waals surface area contributed by atoms with Crippen molar-refractivity contribution >= 4 is 17.5 Å². The minimum absolute atomic E-state index is 0.0154. The van der Waals surface area contributed by atoms with Gasteiger partial charge in [0.25, 0.3) is 11.6 Å². The number of non-ortho nitro benzene ring substituents is 1. The molecule has 1 atom stereocenters. The Kier molecular flexibility index (Phi) is 3.88. The molecule has 2 rings (SSSR count). The van der Waals surface area contributed by atoms with Crippen molar-refractivity contribution in [3.8, 4) is 0 Å². The van der Waals surface area contributed by atoms with Gasteiger partial charge in [0.15, 0.2) is 0 Å². The molecule has 112 valence electrons. The quantitative estimate of drug-likeness (QED) is 0.650. The van der Waals surface area contributed by atoms with Crippen LogP contribution >= 0.6 is 0 Å². The molecule has 1 aromatic carbocycles. The Bertz CT molecular complexity index is 632. The number of nitrogens with zero attached hydrogens (tertiary/aromatic N) is 2. The van der Waals surface area contributed by atoms with E-state index in [1.54, 1.807) is 0 Å². The predicted molar refractivity (Wildman–Crippen MR) is 71.3 cm³/mol. The Morgan fingerprint density at radius 3 is 2.81 bits per heavy atom. The number of nitrogens with one attached hydrogen (secondary N) is 1. The summed E-state index contributed by atoms with van der Waals surface area (Å²) in [5.74, 6) is -1.86. The van der Waals surface area contributed by atoms with Crippen molar-refractivity contribution in [3.63, 3.8) is 0 Å². The highest BCUT2D eigenvalue weighted by Gasteiger charge is 2.32. The lowest BCUT2D eigenvalue weighted by Crippen LogP contribution is -2.56. The Balaban J connectivity index is 2.43. The van der Waals surface area contributed by atoms with E-state index < -0.39 is 22.7 Å². The van der Waals surface area contributed by atoms with Crippen molar-refractivity contribution in [2.24, 2.45) is 0 Å². The monoisotopic (exact) mass is 295 g/mol. The van der Waals surface area contributed by atoms with Gasteiger partial charge in [-0.3, -0.25) is 19.7 Å². The number of aryl methyl sites for hydroxylation is 1. The van der Waals surface area contributed by atoms with Gasteiger partial charge < -0.3 is 10.2 Å². The van der Waals surface area contributed by atoms with Gasteiger partial charge in [-0.25, -0.2) is 4.39 Å². The molecule has 1 fully saturated rings. The zero-order chi connectivity index (χ0) is 15.7. The summed E-state index contributed by atoms with van der Waals surface area (Å²) in [6.45, 7) is 3.37. The van der Waals surface area contributed by atoms with Crippen LogP contribution < -0.4 is 5.32 Å². The molecule has 1 heterocycles. The molecule has 1 aromatic rings. The lowest BCUT2D eigenvalue weighted by molar-refractivity contribution is -0.385. The van der Waals surface area contributed by atoms with E-state index in [1.807, 2.05) is 0 Å². The number of nitro groups is 1. The Morgan fingerprint density at radius 2 is 2.19 bits per heavy atom. The van der Waals surface area contributed by atoms with Crippen LogP contribution in [0.2, 0.25) is 0 Å². The SMILES string of the molecule is Cc1cc([N+](=O)[O-])cc(C(=O)N2CCNC(=O)C2C)c1F. The van der Waals surface area contributed by atoms with Crippen LogP contribution in [0.3, 0.4) is 0 Å². The van der Waals surface area contributed by atoms with E-state index >= 15 is 0 Å².